The summed E-state index contributed by atoms with van der Waals surface area (Å²) in [6, 6.07) is 6.98. The molecule has 16 heavy (non-hydrogen) atoms. The fourth-order valence-corrected chi connectivity index (χ4v) is 1.98. The summed E-state index contributed by atoms with van der Waals surface area (Å²) in [5.41, 5.74) is -0.744. The van der Waals surface area contributed by atoms with Crippen LogP contribution in [0.3, 0.4) is 0 Å². The summed E-state index contributed by atoms with van der Waals surface area (Å²) in [6.45, 7) is 0. The first kappa shape index (κ1) is 10.8. The SMILES string of the molecule is COC(=O)[C@@]1(O)CCc2ccccc2C1=O. The Morgan fingerprint density at radius 3 is 2.81 bits per heavy atom. The molecule has 0 fully saturated rings. The highest BCUT2D eigenvalue weighted by Crippen LogP contribution is 2.29. The number of Topliss-reactive ketones (excluding diaryl/α,β-unsaturated/α-hetero) is 1. The molecule has 1 atom stereocenters. The predicted molar refractivity (Wildman–Crippen MR) is 56.1 cm³/mol. The van der Waals surface area contributed by atoms with Gasteiger partial charge in [-0.05, 0) is 18.4 Å². The Morgan fingerprint density at radius 2 is 2.12 bits per heavy atom. The molecule has 0 aromatic heterocycles. The van der Waals surface area contributed by atoms with Crippen molar-refractivity contribution in [2.45, 2.75) is 18.4 Å². The summed E-state index contributed by atoms with van der Waals surface area (Å²) in [5.74, 6) is -1.45. The first-order valence-corrected chi connectivity index (χ1v) is 5.03. The number of ketones is 1. The van der Waals surface area contributed by atoms with Gasteiger partial charge in [-0.2, -0.15) is 0 Å². The standard InChI is InChI=1S/C12H12O4/c1-16-11(14)12(15)7-6-8-4-2-3-5-9(8)10(12)13/h2-5,15H,6-7H2,1H3/t12-/m1/s1. The molecule has 1 aromatic rings. The Morgan fingerprint density at radius 1 is 1.44 bits per heavy atom. The van der Waals surface area contributed by atoms with Crippen molar-refractivity contribution in [1.82, 2.24) is 0 Å². The van der Waals surface area contributed by atoms with Crippen LogP contribution < -0.4 is 0 Å². The molecule has 4 nitrogen and oxygen atoms in total. The number of hydrogen-bond acceptors (Lipinski definition) is 4. The van der Waals surface area contributed by atoms with Gasteiger partial charge in [0.2, 0.25) is 11.4 Å². The summed E-state index contributed by atoms with van der Waals surface area (Å²) < 4.78 is 4.47. The van der Waals surface area contributed by atoms with Crippen molar-refractivity contribution < 1.29 is 19.4 Å². The van der Waals surface area contributed by atoms with Gasteiger partial charge in [-0.1, -0.05) is 24.3 Å². The number of carbonyl (C=O) groups is 2. The summed E-state index contributed by atoms with van der Waals surface area (Å²) in [5, 5.41) is 10.0. The van der Waals surface area contributed by atoms with Crippen LogP contribution in [0.2, 0.25) is 0 Å². The summed E-state index contributed by atoms with van der Waals surface area (Å²) in [4.78, 5) is 23.4. The van der Waals surface area contributed by atoms with Crippen LogP contribution in [-0.4, -0.2) is 29.6 Å². The highest BCUT2D eigenvalue weighted by molar-refractivity contribution is 6.16. The number of benzene rings is 1. The molecular weight excluding hydrogens is 208 g/mol. The second kappa shape index (κ2) is 3.72. The quantitative estimate of drug-likeness (QED) is 0.559. The van der Waals surface area contributed by atoms with Gasteiger partial charge in [0.05, 0.1) is 7.11 Å². The van der Waals surface area contributed by atoms with E-state index in [1.807, 2.05) is 12.1 Å². The third-order valence-electron chi connectivity index (χ3n) is 2.92. The maximum absolute atomic E-state index is 12.0. The van der Waals surface area contributed by atoms with Crippen LogP contribution in [0.25, 0.3) is 0 Å². The van der Waals surface area contributed by atoms with E-state index in [9.17, 15) is 14.7 Å². The van der Waals surface area contributed by atoms with Gasteiger partial charge < -0.3 is 9.84 Å². The molecule has 0 spiro atoms. The Hall–Kier alpha value is -1.68. The number of rotatable bonds is 1. The summed E-state index contributed by atoms with van der Waals surface area (Å²) in [6.07, 6.45) is 0.572. The van der Waals surface area contributed by atoms with Gasteiger partial charge in [0.1, 0.15) is 0 Å². The summed E-state index contributed by atoms with van der Waals surface area (Å²) >= 11 is 0. The number of aliphatic hydroxyl groups is 1. The average Bonchev–Trinajstić information content (AvgIpc) is 2.33. The highest BCUT2D eigenvalue weighted by atomic mass is 16.5. The third kappa shape index (κ3) is 1.42. The molecule has 0 saturated heterocycles. The van der Waals surface area contributed by atoms with Crippen molar-refractivity contribution >= 4 is 11.8 Å². The Balaban J connectivity index is 2.45. The number of hydrogen-bond donors (Lipinski definition) is 1. The minimum absolute atomic E-state index is 0.0789. The second-order valence-electron chi connectivity index (χ2n) is 3.84. The molecule has 0 radical (unpaired) electrons. The molecule has 0 bridgehead atoms. The van der Waals surface area contributed by atoms with E-state index in [0.29, 0.717) is 12.0 Å². The van der Waals surface area contributed by atoms with Crippen LogP contribution in [-0.2, 0) is 16.0 Å². The fourth-order valence-electron chi connectivity index (χ4n) is 1.98. The van der Waals surface area contributed by atoms with E-state index in [-0.39, 0.29) is 6.42 Å². The number of esters is 1. The molecule has 1 aliphatic carbocycles. The summed E-state index contributed by atoms with van der Waals surface area (Å²) in [7, 11) is 1.16. The van der Waals surface area contributed by atoms with Crippen LogP contribution in [0.1, 0.15) is 22.3 Å². The Labute approximate surface area is 92.8 Å². The first-order valence-electron chi connectivity index (χ1n) is 5.03. The van der Waals surface area contributed by atoms with Crippen molar-refractivity contribution in [3.05, 3.63) is 35.4 Å². The molecule has 84 valence electrons. The zero-order chi connectivity index (χ0) is 11.8. The Kier molecular flexibility index (Phi) is 2.52. The average molecular weight is 220 g/mol. The van der Waals surface area contributed by atoms with E-state index in [1.165, 1.54) is 0 Å². The lowest BCUT2D eigenvalue weighted by atomic mass is 9.79. The maximum Gasteiger partial charge on any atom is 0.346 e. The molecule has 4 heteroatoms. The molecular formula is C12H12O4. The van der Waals surface area contributed by atoms with E-state index in [4.69, 9.17) is 0 Å². The highest BCUT2D eigenvalue weighted by Gasteiger charge is 2.48. The third-order valence-corrected chi connectivity index (χ3v) is 2.92. The number of fused-ring (bicyclic) bond motifs is 1. The number of aryl methyl sites for hydroxylation is 1. The minimum Gasteiger partial charge on any atom is -0.467 e. The molecule has 0 heterocycles. The minimum atomic E-state index is -2.01. The lowest BCUT2D eigenvalue weighted by Gasteiger charge is -2.29. The normalized spacial score (nSPS) is 23.8. The topological polar surface area (TPSA) is 63.6 Å². The second-order valence-corrected chi connectivity index (χ2v) is 3.84. The van der Waals surface area contributed by atoms with Crippen molar-refractivity contribution in [2.75, 3.05) is 7.11 Å². The van der Waals surface area contributed by atoms with Crippen molar-refractivity contribution in [3.8, 4) is 0 Å². The van der Waals surface area contributed by atoms with Gasteiger partial charge in [-0.3, -0.25) is 4.79 Å². The van der Waals surface area contributed by atoms with Crippen molar-refractivity contribution in [3.63, 3.8) is 0 Å². The molecule has 0 amide bonds. The van der Waals surface area contributed by atoms with Crippen LogP contribution in [0.5, 0.6) is 0 Å². The lowest BCUT2D eigenvalue weighted by molar-refractivity contribution is -0.157. The van der Waals surface area contributed by atoms with Gasteiger partial charge in [0.15, 0.2) is 0 Å². The van der Waals surface area contributed by atoms with Crippen LogP contribution in [0.15, 0.2) is 24.3 Å². The number of ether oxygens (including phenoxy) is 1. The van der Waals surface area contributed by atoms with Gasteiger partial charge in [0, 0.05) is 5.56 Å². The molecule has 0 aliphatic heterocycles. The predicted octanol–water partition coefficient (Wildman–Crippen LogP) is 0.720. The van der Waals surface area contributed by atoms with Crippen molar-refractivity contribution in [1.29, 1.82) is 0 Å². The van der Waals surface area contributed by atoms with Gasteiger partial charge in [-0.25, -0.2) is 4.79 Å². The van der Waals surface area contributed by atoms with E-state index >= 15 is 0 Å². The largest absolute Gasteiger partial charge is 0.467 e. The zero-order valence-electron chi connectivity index (χ0n) is 8.90. The van der Waals surface area contributed by atoms with Crippen LogP contribution >= 0.6 is 0 Å². The molecule has 1 N–H and O–H groups in total. The smallest absolute Gasteiger partial charge is 0.346 e. The molecule has 0 unspecified atom stereocenters. The lowest BCUT2D eigenvalue weighted by Crippen LogP contribution is -2.50. The van der Waals surface area contributed by atoms with Gasteiger partial charge in [0.25, 0.3) is 0 Å². The molecule has 0 saturated carbocycles. The molecule has 1 aromatic carbocycles. The molecule has 2 rings (SSSR count). The van der Waals surface area contributed by atoms with Gasteiger partial charge >= 0.3 is 5.97 Å². The maximum atomic E-state index is 12.0. The van der Waals surface area contributed by atoms with Crippen LogP contribution in [0, 0.1) is 0 Å². The van der Waals surface area contributed by atoms with Crippen LogP contribution in [0.4, 0.5) is 0 Å². The van der Waals surface area contributed by atoms with Gasteiger partial charge in [-0.15, -0.1) is 0 Å². The van der Waals surface area contributed by atoms with Crippen molar-refractivity contribution in [2.24, 2.45) is 0 Å². The molecule has 1 aliphatic rings. The zero-order valence-corrected chi connectivity index (χ0v) is 8.90. The number of carbonyl (C=O) groups excluding carboxylic acids is 2. The van der Waals surface area contributed by atoms with E-state index in [0.717, 1.165) is 12.7 Å². The fraction of sp³-hybridized carbons (Fsp3) is 0.333. The van der Waals surface area contributed by atoms with E-state index in [1.54, 1.807) is 12.1 Å². The monoisotopic (exact) mass is 220 g/mol. The Bertz CT molecular complexity index is 452. The number of methoxy groups -OCH3 is 1. The van der Waals surface area contributed by atoms with E-state index in [2.05, 4.69) is 4.74 Å². The first-order chi connectivity index (χ1) is 7.59. The van der Waals surface area contributed by atoms with E-state index < -0.39 is 17.4 Å².